The maximum absolute atomic E-state index is 12.3. The molecule has 27 heavy (non-hydrogen) atoms. The summed E-state index contributed by atoms with van der Waals surface area (Å²) in [7, 11) is 0. The number of alkyl halides is 5. The van der Waals surface area contributed by atoms with Gasteiger partial charge in [0.15, 0.2) is 6.61 Å². The molecule has 3 rings (SSSR count). The lowest BCUT2D eigenvalue weighted by atomic mass is 10.1. The molecular formula is C16H10F5N3O3. The Hall–Kier alpha value is -3.24. The number of pyridine rings is 1. The standard InChI is InChI=1S/C16H10F5N3O3/c17-14(18)27-10-3-1-8(2-4-10)11-12-9(5-22-13(11)25)6-23-15(24-12)26-7-16(19,20)21/h1-6,14H,7H2,(H,22,25). The molecule has 0 fully saturated rings. The van der Waals surface area contributed by atoms with Crippen LogP contribution >= 0.6 is 0 Å². The number of aromatic amines is 1. The van der Waals surface area contributed by atoms with Crippen LogP contribution in [0.2, 0.25) is 0 Å². The molecule has 0 atom stereocenters. The molecule has 0 amide bonds. The van der Waals surface area contributed by atoms with Gasteiger partial charge in [-0.1, -0.05) is 12.1 Å². The van der Waals surface area contributed by atoms with Crippen molar-refractivity contribution in [1.82, 2.24) is 15.0 Å². The zero-order valence-electron chi connectivity index (χ0n) is 13.3. The first-order chi connectivity index (χ1) is 12.7. The summed E-state index contributed by atoms with van der Waals surface area (Å²) in [6, 6.07) is 4.59. The van der Waals surface area contributed by atoms with Gasteiger partial charge in [-0.3, -0.25) is 4.79 Å². The van der Waals surface area contributed by atoms with E-state index in [0.717, 1.165) is 0 Å². The maximum Gasteiger partial charge on any atom is 0.422 e. The average molecular weight is 387 g/mol. The van der Waals surface area contributed by atoms with Crippen LogP contribution < -0.4 is 15.0 Å². The normalized spacial score (nSPS) is 11.8. The van der Waals surface area contributed by atoms with Gasteiger partial charge in [0.05, 0.1) is 11.1 Å². The van der Waals surface area contributed by atoms with E-state index >= 15 is 0 Å². The molecule has 0 spiro atoms. The summed E-state index contributed by atoms with van der Waals surface area (Å²) < 4.78 is 70.1. The number of aromatic nitrogens is 3. The smallest absolute Gasteiger partial charge is 0.422 e. The van der Waals surface area contributed by atoms with Crippen LogP contribution in [0.5, 0.6) is 11.8 Å². The fourth-order valence-electron chi connectivity index (χ4n) is 2.29. The Bertz CT molecular complexity index is 1000. The highest BCUT2D eigenvalue weighted by molar-refractivity contribution is 5.92. The molecule has 0 unspecified atom stereocenters. The van der Waals surface area contributed by atoms with E-state index in [2.05, 4.69) is 24.4 Å². The summed E-state index contributed by atoms with van der Waals surface area (Å²) in [4.78, 5) is 22.2. The monoisotopic (exact) mass is 387 g/mol. The predicted octanol–water partition coefficient (Wildman–Crippen LogP) is 3.53. The van der Waals surface area contributed by atoms with Gasteiger partial charge in [-0.25, -0.2) is 4.98 Å². The predicted molar refractivity (Wildman–Crippen MR) is 83.8 cm³/mol. The number of benzene rings is 1. The van der Waals surface area contributed by atoms with Gasteiger partial charge in [0.2, 0.25) is 0 Å². The van der Waals surface area contributed by atoms with Crippen molar-refractivity contribution in [3.63, 3.8) is 0 Å². The second kappa shape index (κ2) is 7.17. The van der Waals surface area contributed by atoms with Gasteiger partial charge in [0.1, 0.15) is 5.75 Å². The largest absolute Gasteiger partial charge is 0.454 e. The summed E-state index contributed by atoms with van der Waals surface area (Å²) in [5.74, 6) is -0.116. The van der Waals surface area contributed by atoms with Crippen LogP contribution in [0.25, 0.3) is 22.0 Å². The minimum Gasteiger partial charge on any atom is -0.454 e. The fraction of sp³-hybridized carbons (Fsp3) is 0.188. The van der Waals surface area contributed by atoms with Crippen LogP contribution in [0.15, 0.2) is 41.5 Å². The molecule has 2 heterocycles. The van der Waals surface area contributed by atoms with Crippen LogP contribution in [0.4, 0.5) is 22.0 Å². The van der Waals surface area contributed by atoms with E-state index in [-0.39, 0.29) is 16.8 Å². The van der Waals surface area contributed by atoms with Gasteiger partial charge in [0, 0.05) is 17.8 Å². The summed E-state index contributed by atoms with van der Waals surface area (Å²) in [6.07, 6.45) is -2.08. The third-order valence-corrected chi connectivity index (χ3v) is 3.35. The quantitative estimate of drug-likeness (QED) is 0.678. The number of nitrogens with zero attached hydrogens (tertiary/aromatic N) is 2. The Morgan fingerprint density at radius 1 is 1.15 bits per heavy atom. The van der Waals surface area contributed by atoms with Gasteiger partial charge in [-0.2, -0.15) is 26.9 Å². The van der Waals surface area contributed by atoms with Crippen molar-refractivity contribution in [2.45, 2.75) is 12.8 Å². The van der Waals surface area contributed by atoms with E-state index in [1.807, 2.05) is 0 Å². The Morgan fingerprint density at radius 3 is 2.48 bits per heavy atom. The molecule has 0 aliphatic heterocycles. The first-order valence-corrected chi connectivity index (χ1v) is 7.36. The minimum absolute atomic E-state index is 0.0235. The summed E-state index contributed by atoms with van der Waals surface area (Å²) in [6.45, 7) is -4.59. The van der Waals surface area contributed by atoms with Crippen molar-refractivity contribution >= 4 is 10.9 Å². The van der Waals surface area contributed by atoms with Gasteiger partial charge in [0.25, 0.3) is 5.56 Å². The number of hydrogen-bond acceptors (Lipinski definition) is 5. The first-order valence-electron chi connectivity index (χ1n) is 7.36. The molecule has 11 heteroatoms. The van der Waals surface area contributed by atoms with E-state index in [1.54, 1.807) is 0 Å². The molecule has 0 saturated carbocycles. The Kier molecular flexibility index (Phi) is 4.93. The number of hydrogen-bond donors (Lipinski definition) is 1. The third-order valence-electron chi connectivity index (χ3n) is 3.35. The summed E-state index contributed by atoms with van der Waals surface area (Å²) in [5, 5.41) is 0.344. The molecule has 0 aliphatic carbocycles. The lowest BCUT2D eigenvalue weighted by molar-refractivity contribution is -0.154. The summed E-state index contributed by atoms with van der Waals surface area (Å²) >= 11 is 0. The Balaban J connectivity index is 2.03. The third kappa shape index (κ3) is 4.49. The number of H-pyrrole nitrogens is 1. The van der Waals surface area contributed by atoms with E-state index in [0.29, 0.717) is 10.9 Å². The van der Waals surface area contributed by atoms with Crippen molar-refractivity contribution in [3.05, 3.63) is 47.0 Å². The van der Waals surface area contributed by atoms with Gasteiger partial charge in [-0.15, -0.1) is 0 Å². The van der Waals surface area contributed by atoms with Crippen LogP contribution in [0, 0.1) is 0 Å². The Labute approximate surface area is 147 Å². The van der Waals surface area contributed by atoms with Crippen LogP contribution in [-0.2, 0) is 0 Å². The molecule has 0 saturated heterocycles. The molecule has 3 aromatic rings. The molecule has 0 aliphatic rings. The fourth-order valence-corrected chi connectivity index (χ4v) is 2.29. The van der Waals surface area contributed by atoms with Crippen molar-refractivity contribution in [2.24, 2.45) is 0 Å². The Morgan fingerprint density at radius 2 is 1.85 bits per heavy atom. The van der Waals surface area contributed by atoms with Gasteiger partial charge < -0.3 is 14.5 Å². The second-order valence-electron chi connectivity index (χ2n) is 5.26. The van der Waals surface area contributed by atoms with Crippen molar-refractivity contribution in [2.75, 3.05) is 6.61 Å². The van der Waals surface area contributed by atoms with Gasteiger partial charge >= 0.3 is 18.8 Å². The average Bonchev–Trinajstić information content (AvgIpc) is 2.59. The van der Waals surface area contributed by atoms with E-state index in [9.17, 15) is 26.7 Å². The summed E-state index contributed by atoms with van der Waals surface area (Å²) in [5.41, 5.74) is -0.210. The lowest BCUT2D eigenvalue weighted by Crippen LogP contribution is -2.20. The van der Waals surface area contributed by atoms with Crippen LogP contribution in [-0.4, -0.2) is 34.3 Å². The number of fused-ring (bicyclic) bond motifs is 1. The van der Waals surface area contributed by atoms with Crippen molar-refractivity contribution in [1.29, 1.82) is 0 Å². The molecule has 142 valence electrons. The maximum atomic E-state index is 12.3. The van der Waals surface area contributed by atoms with E-state index in [4.69, 9.17) is 0 Å². The van der Waals surface area contributed by atoms with E-state index < -0.39 is 31.0 Å². The number of rotatable bonds is 5. The number of nitrogens with one attached hydrogen (secondary N) is 1. The topological polar surface area (TPSA) is 77.1 Å². The highest BCUT2D eigenvalue weighted by Crippen LogP contribution is 2.27. The van der Waals surface area contributed by atoms with E-state index in [1.165, 1.54) is 36.7 Å². The molecule has 6 nitrogen and oxygen atoms in total. The highest BCUT2D eigenvalue weighted by Gasteiger charge is 2.29. The SMILES string of the molecule is O=c1[nH]cc2cnc(OCC(F)(F)F)nc2c1-c1ccc(OC(F)F)cc1. The first kappa shape index (κ1) is 18.5. The second-order valence-corrected chi connectivity index (χ2v) is 5.26. The highest BCUT2D eigenvalue weighted by atomic mass is 19.4. The van der Waals surface area contributed by atoms with Crippen molar-refractivity contribution < 1.29 is 31.4 Å². The van der Waals surface area contributed by atoms with Crippen molar-refractivity contribution in [3.8, 4) is 22.9 Å². The van der Waals surface area contributed by atoms with Crippen LogP contribution in [0.1, 0.15) is 0 Å². The molecule has 2 aromatic heterocycles. The molecule has 1 N–H and O–H groups in total. The molecule has 0 radical (unpaired) electrons. The van der Waals surface area contributed by atoms with Crippen LogP contribution in [0.3, 0.4) is 0 Å². The number of halogens is 5. The van der Waals surface area contributed by atoms with Gasteiger partial charge in [-0.05, 0) is 17.7 Å². The zero-order valence-corrected chi connectivity index (χ0v) is 13.3. The minimum atomic E-state index is -4.57. The lowest BCUT2D eigenvalue weighted by Gasteiger charge is -2.10. The molecule has 1 aromatic carbocycles. The zero-order chi connectivity index (χ0) is 19.6. The number of ether oxygens (including phenoxy) is 2. The molecular weight excluding hydrogens is 377 g/mol. The molecule has 0 bridgehead atoms.